The number of nitro groups is 1. The SMILES string of the molecule is CCOc1ccc(/N=C/c2ccc([N+](=O)[O-])cc2)cc1. The molecule has 0 saturated heterocycles. The molecule has 0 bridgehead atoms. The molecular weight excluding hydrogens is 256 g/mol. The zero-order valence-corrected chi connectivity index (χ0v) is 11.0. The number of aliphatic imine (C=N–C) groups is 1. The summed E-state index contributed by atoms with van der Waals surface area (Å²) in [6.45, 7) is 2.56. The highest BCUT2D eigenvalue weighted by atomic mass is 16.6. The molecule has 0 fully saturated rings. The van der Waals surface area contributed by atoms with Crippen LogP contribution >= 0.6 is 0 Å². The van der Waals surface area contributed by atoms with Gasteiger partial charge in [0.2, 0.25) is 0 Å². The van der Waals surface area contributed by atoms with E-state index in [1.54, 1.807) is 18.3 Å². The molecule has 0 aromatic heterocycles. The third-order valence-electron chi connectivity index (χ3n) is 2.61. The Labute approximate surface area is 116 Å². The zero-order valence-electron chi connectivity index (χ0n) is 11.0. The molecule has 0 unspecified atom stereocenters. The van der Waals surface area contributed by atoms with Gasteiger partial charge in [-0.25, -0.2) is 0 Å². The van der Waals surface area contributed by atoms with Crippen molar-refractivity contribution in [1.29, 1.82) is 0 Å². The maximum atomic E-state index is 10.5. The van der Waals surface area contributed by atoms with Crippen LogP contribution < -0.4 is 4.74 Å². The van der Waals surface area contributed by atoms with Gasteiger partial charge in [-0.1, -0.05) is 0 Å². The Morgan fingerprint density at radius 2 is 1.80 bits per heavy atom. The van der Waals surface area contributed by atoms with Crippen molar-refractivity contribution in [3.05, 3.63) is 64.2 Å². The van der Waals surface area contributed by atoms with E-state index in [0.29, 0.717) is 6.61 Å². The van der Waals surface area contributed by atoms with Gasteiger partial charge in [-0.2, -0.15) is 0 Å². The van der Waals surface area contributed by atoms with Gasteiger partial charge in [0, 0.05) is 18.3 Å². The lowest BCUT2D eigenvalue weighted by atomic mass is 10.2. The summed E-state index contributed by atoms with van der Waals surface area (Å²) in [5, 5.41) is 10.5. The van der Waals surface area contributed by atoms with Gasteiger partial charge in [0.1, 0.15) is 5.75 Å². The van der Waals surface area contributed by atoms with Gasteiger partial charge in [0.15, 0.2) is 0 Å². The van der Waals surface area contributed by atoms with Crippen molar-refractivity contribution in [1.82, 2.24) is 0 Å². The van der Waals surface area contributed by atoms with E-state index in [2.05, 4.69) is 4.99 Å². The summed E-state index contributed by atoms with van der Waals surface area (Å²) >= 11 is 0. The topological polar surface area (TPSA) is 64.7 Å². The van der Waals surface area contributed by atoms with Crippen molar-refractivity contribution >= 4 is 17.6 Å². The molecule has 0 aliphatic rings. The second kappa shape index (κ2) is 6.47. The minimum Gasteiger partial charge on any atom is -0.494 e. The first-order valence-electron chi connectivity index (χ1n) is 6.20. The minimum absolute atomic E-state index is 0.0724. The van der Waals surface area contributed by atoms with E-state index in [4.69, 9.17) is 4.74 Å². The van der Waals surface area contributed by atoms with Crippen molar-refractivity contribution in [2.24, 2.45) is 4.99 Å². The van der Waals surface area contributed by atoms with Crippen molar-refractivity contribution < 1.29 is 9.66 Å². The van der Waals surface area contributed by atoms with Crippen LogP contribution in [0.3, 0.4) is 0 Å². The maximum Gasteiger partial charge on any atom is 0.269 e. The van der Waals surface area contributed by atoms with E-state index in [1.165, 1.54) is 12.1 Å². The molecule has 102 valence electrons. The Morgan fingerprint density at radius 1 is 1.15 bits per heavy atom. The molecule has 0 aliphatic heterocycles. The summed E-state index contributed by atoms with van der Waals surface area (Å²) in [6, 6.07) is 13.7. The van der Waals surface area contributed by atoms with Gasteiger partial charge >= 0.3 is 0 Å². The Bertz CT molecular complexity index is 604. The third kappa shape index (κ3) is 3.65. The second-order valence-corrected chi connectivity index (χ2v) is 4.03. The fourth-order valence-corrected chi connectivity index (χ4v) is 1.63. The molecule has 0 heterocycles. The lowest BCUT2D eigenvalue weighted by Crippen LogP contribution is -1.90. The monoisotopic (exact) mass is 270 g/mol. The summed E-state index contributed by atoms with van der Waals surface area (Å²) < 4.78 is 5.34. The summed E-state index contributed by atoms with van der Waals surface area (Å²) in [6.07, 6.45) is 1.67. The molecule has 5 heteroatoms. The molecule has 2 rings (SSSR count). The molecule has 0 radical (unpaired) electrons. The quantitative estimate of drug-likeness (QED) is 0.472. The van der Waals surface area contributed by atoms with Gasteiger partial charge in [0.05, 0.1) is 17.2 Å². The van der Waals surface area contributed by atoms with Crippen LogP contribution in [-0.4, -0.2) is 17.7 Å². The molecule has 5 nitrogen and oxygen atoms in total. The Kier molecular flexibility index (Phi) is 4.44. The average molecular weight is 270 g/mol. The number of benzene rings is 2. The van der Waals surface area contributed by atoms with Crippen LogP contribution in [0.2, 0.25) is 0 Å². The first-order valence-corrected chi connectivity index (χ1v) is 6.20. The highest BCUT2D eigenvalue weighted by Gasteiger charge is 2.02. The van der Waals surface area contributed by atoms with Crippen LogP contribution in [0.4, 0.5) is 11.4 Å². The van der Waals surface area contributed by atoms with Crippen molar-refractivity contribution in [2.45, 2.75) is 6.92 Å². The molecule has 0 amide bonds. The average Bonchev–Trinajstić information content (AvgIpc) is 2.47. The van der Waals surface area contributed by atoms with E-state index >= 15 is 0 Å². The standard InChI is InChI=1S/C15H14N2O3/c1-2-20-15-9-5-13(6-10-15)16-11-12-3-7-14(8-4-12)17(18)19/h3-11H,2H2,1H3/b16-11+. The van der Waals surface area contributed by atoms with Crippen LogP contribution in [0.1, 0.15) is 12.5 Å². The largest absolute Gasteiger partial charge is 0.494 e. The van der Waals surface area contributed by atoms with Crippen molar-refractivity contribution in [3.8, 4) is 5.75 Å². The number of hydrogen-bond acceptors (Lipinski definition) is 4. The molecule has 2 aromatic carbocycles. The Balaban J connectivity index is 2.06. The predicted molar refractivity (Wildman–Crippen MR) is 78.0 cm³/mol. The van der Waals surface area contributed by atoms with E-state index in [1.807, 2.05) is 31.2 Å². The summed E-state index contributed by atoms with van der Waals surface area (Å²) in [7, 11) is 0. The number of nitrogens with zero attached hydrogens (tertiary/aromatic N) is 2. The number of non-ortho nitro benzene ring substituents is 1. The number of hydrogen-bond donors (Lipinski definition) is 0. The molecule has 2 aromatic rings. The Hall–Kier alpha value is -2.69. The molecule has 0 atom stereocenters. The van der Waals surface area contributed by atoms with Crippen molar-refractivity contribution in [3.63, 3.8) is 0 Å². The maximum absolute atomic E-state index is 10.5. The summed E-state index contributed by atoms with van der Waals surface area (Å²) in [4.78, 5) is 14.4. The van der Waals surface area contributed by atoms with E-state index in [9.17, 15) is 10.1 Å². The Morgan fingerprint density at radius 3 is 2.35 bits per heavy atom. The van der Waals surface area contributed by atoms with E-state index < -0.39 is 4.92 Å². The zero-order chi connectivity index (χ0) is 14.4. The molecule has 0 saturated carbocycles. The minimum atomic E-state index is -0.423. The van der Waals surface area contributed by atoms with Crippen LogP contribution in [0.5, 0.6) is 5.75 Å². The number of ether oxygens (including phenoxy) is 1. The molecule has 0 N–H and O–H groups in total. The fraction of sp³-hybridized carbons (Fsp3) is 0.133. The normalized spacial score (nSPS) is 10.7. The molecule has 0 spiro atoms. The van der Waals surface area contributed by atoms with Crippen LogP contribution in [0.15, 0.2) is 53.5 Å². The molecule has 0 aliphatic carbocycles. The van der Waals surface area contributed by atoms with E-state index in [-0.39, 0.29) is 5.69 Å². The second-order valence-electron chi connectivity index (χ2n) is 4.03. The van der Waals surface area contributed by atoms with Gasteiger partial charge in [-0.05, 0) is 48.9 Å². The lowest BCUT2D eigenvalue weighted by molar-refractivity contribution is -0.384. The number of nitro benzene ring substituents is 1. The van der Waals surface area contributed by atoms with Crippen LogP contribution in [-0.2, 0) is 0 Å². The van der Waals surface area contributed by atoms with Gasteiger partial charge in [-0.3, -0.25) is 15.1 Å². The van der Waals surface area contributed by atoms with E-state index in [0.717, 1.165) is 17.0 Å². The molecule has 20 heavy (non-hydrogen) atoms. The van der Waals surface area contributed by atoms with Gasteiger partial charge in [-0.15, -0.1) is 0 Å². The molecular formula is C15H14N2O3. The lowest BCUT2D eigenvalue weighted by Gasteiger charge is -2.01. The van der Waals surface area contributed by atoms with Crippen LogP contribution in [0.25, 0.3) is 0 Å². The smallest absolute Gasteiger partial charge is 0.269 e. The third-order valence-corrected chi connectivity index (χ3v) is 2.61. The van der Waals surface area contributed by atoms with Crippen LogP contribution in [0, 0.1) is 10.1 Å². The summed E-state index contributed by atoms with van der Waals surface area (Å²) in [5.74, 6) is 0.807. The predicted octanol–water partition coefficient (Wildman–Crippen LogP) is 3.74. The first-order chi connectivity index (χ1) is 9.69. The highest BCUT2D eigenvalue weighted by molar-refractivity contribution is 5.82. The first kappa shape index (κ1) is 13.7. The summed E-state index contributed by atoms with van der Waals surface area (Å²) in [5.41, 5.74) is 1.68. The fourth-order valence-electron chi connectivity index (χ4n) is 1.63. The highest BCUT2D eigenvalue weighted by Crippen LogP contribution is 2.18. The van der Waals surface area contributed by atoms with Gasteiger partial charge in [0.25, 0.3) is 5.69 Å². The van der Waals surface area contributed by atoms with Gasteiger partial charge < -0.3 is 4.74 Å². The van der Waals surface area contributed by atoms with Crippen molar-refractivity contribution in [2.75, 3.05) is 6.61 Å². The number of rotatable bonds is 5.